The second-order valence-electron chi connectivity index (χ2n) is 6.94. The molecule has 3 heterocycles. The van der Waals surface area contributed by atoms with Crippen LogP contribution in [0.4, 0.5) is 0 Å². The van der Waals surface area contributed by atoms with Gasteiger partial charge in [0.15, 0.2) is 0 Å². The first kappa shape index (κ1) is 17.3. The van der Waals surface area contributed by atoms with Gasteiger partial charge in [0.2, 0.25) is 0 Å². The van der Waals surface area contributed by atoms with Crippen molar-refractivity contribution in [3.05, 3.63) is 82.7 Å². The molecule has 0 bridgehead atoms. The quantitative estimate of drug-likeness (QED) is 0.317. The average Bonchev–Trinajstić information content (AvgIpc) is 3.40. The molecule has 4 heteroatoms. The molecule has 0 unspecified atom stereocenters. The van der Waals surface area contributed by atoms with E-state index in [4.69, 9.17) is 9.97 Å². The molecule has 0 N–H and O–H groups in total. The molecule has 0 saturated heterocycles. The van der Waals surface area contributed by atoms with Crippen LogP contribution in [-0.2, 0) is 0 Å². The van der Waals surface area contributed by atoms with Crippen molar-refractivity contribution < 1.29 is 0 Å². The monoisotopic (exact) mass is 398 g/mol. The third-order valence-electron chi connectivity index (χ3n) is 4.79. The molecule has 0 atom stereocenters. The van der Waals surface area contributed by atoms with E-state index in [9.17, 15) is 0 Å². The highest BCUT2D eigenvalue weighted by atomic mass is 32.1. The van der Waals surface area contributed by atoms with Crippen LogP contribution in [0.2, 0.25) is 0 Å². The molecular formula is C24H18N2S2. The van der Waals surface area contributed by atoms with E-state index in [0.29, 0.717) is 0 Å². The van der Waals surface area contributed by atoms with E-state index in [1.54, 1.807) is 22.7 Å². The fourth-order valence-electron chi connectivity index (χ4n) is 3.62. The highest BCUT2D eigenvalue weighted by Gasteiger charge is 2.15. The average molecular weight is 399 g/mol. The van der Waals surface area contributed by atoms with Crippen molar-refractivity contribution >= 4 is 33.7 Å². The molecule has 3 aromatic heterocycles. The minimum absolute atomic E-state index is 0.917. The summed E-state index contributed by atoms with van der Waals surface area (Å²) in [7, 11) is 0. The lowest BCUT2D eigenvalue weighted by Gasteiger charge is -2.11. The maximum Gasteiger partial charge on any atom is 0.0987 e. The lowest BCUT2D eigenvalue weighted by Crippen LogP contribution is -1.94. The highest BCUT2D eigenvalue weighted by Crippen LogP contribution is 2.37. The van der Waals surface area contributed by atoms with Gasteiger partial charge in [0.05, 0.1) is 22.9 Å². The SMILES string of the molecule is Cc1cc(C)cc(-c2cnc3c(-c4cccs4)ccc(-c4cccs4)c3n2)c1. The van der Waals surface area contributed by atoms with Gasteiger partial charge in [-0.3, -0.25) is 4.98 Å². The first-order valence-electron chi connectivity index (χ1n) is 9.15. The van der Waals surface area contributed by atoms with Gasteiger partial charge in [-0.1, -0.05) is 41.5 Å². The fourth-order valence-corrected chi connectivity index (χ4v) is 5.13. The normalized spacial score (nSPS) is 11.2. The first-order valence-corrected chi connectivity index (χ1v) is 10.9. The van der Waals surface area contributed by atoms with Gasteiger partial charge in [0.1, 0.15) is 0 Å². The van der Waals surface area contributed by atoms with Gasteiger partial charge in [-0.15, -0.1) is 22.7 Å². The van der Waals surface area contributed by atoms with Gasteiger partial charge in [0.25, 0.3) is 0 Å². The van der Waals surface area contributed by atoms with Gasteiger partial charge >= 0.3 is 0 Å². The summed E-state index contributed by atoms with van der Waals surface area (Å²) in [5.41, 5.74) is 8.72. The summed E-state index contributed by atoms with van der Waals surface area (Å²) in [4.78, 5) is 12.4. The first-order chi connectivity index (χ1) is 13.7. The van der Waals surface area contributed by atoms with Gasteiger partial charge < -0.3 is 0 Å². The molecule has 0 spiro atoms. The Bertz CT molecular complexity index is 1250. The molecule has 0 aliphatic rings. The molecule has 2 aromatic carbocycles. The zero-order valence-corrected chi connectivity index (χ0v) is 17.3. The molecule has 136 valence electrons. The number of nitrogens with zero attached hydrogens (tertiary/aromatic N) is 2. The molecule has 0 radical (unpaired) electrons. The van der Waals surface area contributed by atoms with Crippen molar-refractivity contribution in [1.82, 2.24) is 9.97 Å². The van der Waals surface area contributed by atoms with Crippen molar-refractivity contribution in [2.24, 2.45) is 0 Å². The van der Waals surface area contributed by atoms with E-state index in [-0.39, 0.29) is 0 Å². The van der Waals surface area contributed by atoms with E-state index < -0.39 is 0 Å². The minimum Gasteiger partial charge on any atom is -0.252 e. The minimum atomic E-state index is 0.917. The van der Waals surface area contributed by atoms with Gasteiger partial charge in [-0.2, -0.15) is 0 Å². The van der Waals surface area contributed by atoms with E-state index in [0.717, 1.165) is 33.4 Å². The summed E-state index contributed by atoms with van der Waals surface area (Å²) in [5, 5.41) is 4.21. The molecule has 0 fully saturated rings. The Kier molecular flexibility index (Phi) is 4.30. The van der Waals surface area contributed by atoms with Crippen LogP contribution in [0.15, 0.2) is 71.6 Å². The zero-order chi connectivity index (χ0) is 19.1. The summed E-state index contributed by atoms with van der Waals surface area (Å²) < 4.78 is 0. The lowest BCUT2D eigenvalue weighted by atomic mass is 10.0. The van der Waals surface area contributed by atoms with Crippen molar-refractivity contribution in [3.63, 3.8) is 0 Å². The van der Waals surface area contributed by atoms with Crippen LogP contribution in [0.3, 0.4) is 0 Å². The van der Waals surface area contributed by atoms with Crippen LogP contribution in [0.5, 0.6) is 0 Å². The van der Waals surface area contributed by atoms with E-state index in [1.165, 1.54) is 20.9 Å². The second kappa shape index (κ2) is 6.97. The summed E-state index contributed by atoms with van der Waals surface area (Å²) in [6.45, 7) is 4.24. The second-order valence-corrected chi connectivity index (χ2v) is 8.84. The van der Waals surface area contributed by atoms with Crippen LogP contribution >= 0.6 is 22.7 Å². The Balaban J connectivity index is 1.79. The Morgan fingerprint density at radius 1 is 0.714 bits per heavy atom. The molecule has 0 amide bonds. The van der Waals surface area contributed by atoms with Crippen molar-refractivity contribution in [2.75, 3.05) is 0 Å². The highest BCUT2D eigenvalue weighted by molar-refractivity contribution is 7.14. The predicted molar refractivity (Wildman–Crippen MR) is 121 cm³/mol. The largest absolute Gasteiger partial charge is 0.252 e. The predicted octanol–water partition coefficient (Wildman–Crippen LogP) is 7.37. The molecule has 0 aliphatic carbocycles. The molecular weight excluding hydrogens is 380 g/mol. The van der Waals surface area contributed by atoms with E-state index >= 15 is 0 Å². The van der Waals surface area contributed by atoms with Crippen LogP contribution < -0.4 is 0 Å². The topological polar surface area (TPSA) is 25.8 Å². The van der Waals surface area contributed by atoms with E-state index in [2.05, 4.69) is 79.2 Å². The number of hydrogen-bond donors (Lipinski definition) is 0. The number of fused-ring (bicyclic) bond motifs is 1. The Hall–Kier alpha value is -2.82. The van der Waals surface area contributed by atoms with Gasteiger partial charge in [-0.25, -0.2) is 4.98 Å². The Labute approximate surface area is 172 Å². The summed E-state index contributed by atoms with van der Waals surface area (Å²) >= 11 is 3.47. The third-order valence-corrected chi connectivity index (χ3v) is 6.60. The molecule has 5 aromatic rings. The Morgan fingerprint density at radius 3 is 1.89 bits per heavy atom. The maximum absolute atomic E-state index is 5.10. The molecule has 0 saturated carbocycles. The number of rotatable bonds is 3. The molecule has 5 rings (SSSR count). The summed E-state index contributed by atoms with van der Waals surface area (Å²) in [5.74, 6) is 0. The number of benzene rings is 2. The third kappa shape index (κ3) is 3.05. The van der Waals surface area contributed by atoms with Crippen molar-refractivity contribution in [2.45, 2.75) is 13.8 Å². The standard InChI is InChI=1S/C24H18N2S2/c1-15-11-16(2)13-17(12-15)20-14-25-23-18(21-5-3-9-27-21)7-8-19(24(23)26-20)22-6-4-10-28-22/h3-14H,1-2H3. The zero-order valence-electron chi connectivity index (χ0n) is 15.6. The lowest BCUT2D eigenvalue weighted by molar-refractivity contribution is 1.28. The molecule has 0 aliphatic heterocycles. The summed E-state index contributed by atoms with van der Waals surface area (Å²) in [6.07, 6.45) is 1.91. The maximum atomic E-state index is 5.10. The molecule has 2 nitrogen and oxygen atoms in total. The van der Waals surface area contributed by atoms with Crippen molar-refractivity contribution in [1.29, 1.82) is 0 Å². The molecule has 28 heavy (non-hydrogen) atoms. The van der Waals surface area contributed by atoms with Crippen LogP contribution in [0.1, 0.15) is 11.1 Å². The number of thiophene rings is 2. The van der Waals surface area contributed by atoms with Crippen LogP contribution in [0.25, 0.3) is 43.2 Å². The number of hydrogen-bond acceptors (Lipinski definition) is 4. The Morgan fingerprint density at radius 2 is 1.32 bits per heavy atom. The smallest absolute Gasteiger partial charge is 0.0987 e. The van der Waals surface area contributed by atoms with Crippen molar-refractivity contribution in [3.8, 4) is 32.1 Å². The van der Waals surface area contributed by atoms with Crippen LogP contribution in [-0.4, -0.2) is 9.97 Å². The summed E-state index contributed by atoms with van der Waals surface area (Å²) in [6, 6.07) is 19.4. The fraction of sp³-hybridized carbons (Fsp3) is 0.0833. The van der Waals surface area contributed by atoms with Crippen LogP contribution in [0, 0.1) is 13.8 Å². The van der Waals surface area contributed by atoms with Gasteiger partial charge in [-0.05, 0) is 48.9 Å². The van der Waals surface area contributed by atoms with E-state index in [1.807, 2.05) is 6.20 Å². The number of aromatic nitrogens is 2. The van der Waals surface area contributed by atoms with Gasteiger partial charge in [0, 0.05) is 26.4 Å². The number of aryl methyl sites for hydroxylation is 2.